The minimum Gasteiger partial charge on any atom is -0.0622 e. The van der Waals surface area contributed by atoms with E-state index in [2.05, 4.69) is 246 Å². The van der Waals surface area contributed by atoms with E-state index in [1.165, 1.54) is 70.4 Å². The van der Waals surface area contributed by atoms with Crippen LogP contribution in [0.4, 0.5) is 0 Å². The normalized spacial score (nSPS) is 10.4. The molecule has 0 spiro atoms. The molecule has 75 heavy (non-hydrogen) atoms. The summed E-state index contributed by atoms with van der Waals surface area (Å²) in [6.45, 7) is 14.8. The molecule has 0 radical (unpaired) electrons. The number of unbranched alkanes of at least 4 members (excludes halogenated alkanes) is 3. The predicted octanol–water partition coefficient (Wildman–Crippen LogP) is 16.4. The zero-order valence-corrected chi connectivity index (χ0v) is 53.1. The summed E-state index contributed by atoms with van der Waals surface area (Å²) >= 11 is 1.22. The average molecular weight is 1340 g/mol. The number of aromatic nitrogens is 2. The van der Waals surface area contributed by atoms with Gasteiger partial charge in [0.1, 0.15) is 4.60 Å². The van der Waals surface area contributed by atoms with Crippen LogP contribution in [0.15, 0.2) is 241 Å². The van der Waals surface area contributed by atoms with Gasteiger partial charge in [-0.1, -0.05) is 189 Å². The number of nitrogens with zero attached hydrogens (tertiary/aromatic N) is 2. The molecule has 0 aliphatic rings. The summed E-state index contributed by atoms with van der Waals surface area (Å²) in [5.74, 6) is 0. The van der Waals surface area contributed by atoms with Crippen LogP contribution in [0.25, 0.3) is 6.08 Å². The van der Waals surface area contributed by atoms with Gasteiger partial charge in [-0.2, -0.15) is 0 Å². The Bertz CT molecular complexity index is 2340. The molecule has 0 aliphatic carbocycles. The molecule has 6 aromatic carbocycles. The molecule has 0 saturated heterocycles. The first kappa shape index (κ1) is 65.7. The monoisotopic (exact) mass is 1340 g/mol. The molecule has 0 amide bonds. The van der Waals surface area contributed by atoms with Crippen molar-refractivity contribution in [2.75, 3.05) is 0 Å². The van der Waals surface area contributed by atoms with Gasteiger partial charge < -0.3 is 10.2 Å². The van der Waals surface area contributed by atoms with E-state index in [9.17, 15) is 0 Å². The van der Waals surface area contributed by atoms with Gasteiger partial charge in [0.05, 0.1) is 18.9 Å². The first-order chi connectivity index (χ1) is 36.7. The first-order valence-corrected chi connectivity index (χ1v) is 40.7. The van der Waals surface area contributed by atoms with Crippen LogP contribution >= 0.6 is 50.8 Å². The minimum absolute atomic E-state index is 0.0589. The number of pyridine rings is 2. The van der Waals surface area contributed by atoms with Crippen molar-refractivity contribution in [1.29, 1.82) is 0 Å². The van der Waals surface area contributed by atoms with Gasteiger partial charge in [-0.3, -0.25) is 4.98 Å². The standard InChI is InChI=1S/2C18H15P.C8H9NO.C6H6BrNO.3C4H9.C2H3.2ClH.Pd.Sn/c2*1-4-10-16(11-5-1)19(17-12-6-2-7-13-17)18-14-8-3-9-15-18;1-2-8-5-7(6-10)3-4-9-8;7-6-3-5(4-9)1-2-8-6;3*1-3-4-2;1-2;;;;/h2*1-15H;2-5,10H,1,6H2;1-3,9H,4H2;3*1,3-4H2,2H3;1H,2H2;2*1H;;/q;;;;;;;;;;+2;/p-2. The number of halogens is 3. The Morgan fingerprint density at radius 3 is 0.987 bits per heavy atom. The fourth-order valence-electron chi connectivity index (χ4n) is 7.87. The van der Waals surface area contributed by atoms with E-state index in [1.807, 2.05) is 0 Å². The maximum Gasteiger partial charge on any atom is -0.0134 e. The smallest absolute Gasteiger partial charge is 0.0134 e. The topological polar surface area (TPSA) is 66.2 Å². The number of rotatable bonds is 19. The van der Waals surface area contributed by atoms with Crippen molar-refractivity contribution >= 4 is 107 Å². The quantitative estimate of drug-likeness (QED) is 0.0481. The third-order valence-corrected chi connectivity index (χ3v) is 31.2. The first-order valence-electron chi connectivity index (χ1n) is 25.5. The fourth-order valence-corrected chi connectivity index (χ4v) is 25.8. The Balaban J connectivity index is 0.000000251. The van der Waals surface area contributed by atoms with Crippen LogP contribution < -0.4 is 31.8 Å². The molecule has 398 valence electrons. The number of aliphatic hydroxyl groups excluding tert-OH is 2. The molecule has 4 nitrogen and oxygen atoms in total. The molecule has 2 N–H and O–H groups in total. The molecule has 0 unspecified atom stereocenters. The molecule has 8 aromatic rings. The Hall–Kier alpha value is -3.60. The van der Waals surface area contributed by atoms with Crippen LogP contribution in [0.1, 0.15) is 76.1 Å². The Labute approximate surface area is 481 Å². The van der Waals surface area contributed by atoms with Crippen molar-refractivity contribution in [3.05, 3.63) is 257 Å². The number of hydrogen-bond acceptors (Lipinski definition) is 4. The summed E-state index contributed by atoms with van der Waals surface area (Å²) < 4.78 is 7.92. The molecular formula is C64H75BrCl2N2O2P2PdSn. The Kier molecular flexibility index (Phi) is 36.3. The van der Waals surface area contributed by atoms with Gasteiger partial charge in [0.15, 0.2) is 0 Å². The van der Waals surface area contributed by atoms with Gasteiger partial charge >= 0.3 is 137 Å². The number of hydrogen-bond donors (Lipinski definition) is 2. The van der Waals surface area contributed by atoms with Crippen LogP contribution in [0.2, 0.25) is 13.3 Å². The molecule has 0 fully saturated rings. The number of benzene rings is 6. The Morgan fingerprint density at radius 1 is 0.480 bits per heavy atom. The summed E-state index contributed by atoms with van der Waals surface area (Å²) in [7, 11) is 8.74. The van der Waals surface area contributed by atoms with Gasteiger partial charge in [0.2, 0.25) is 0 Å². The van der Waals surface area contributed by atoms with E-state index in [4.69, 9.17) is 29.3 Å². The van der Waals surface area contributed by atoms with Gasteiger partial charge in [-0.05, 0) is 105 Å². The zero-order chi connectivity index (χ0) is 54.2. The molecule has 11 heteroatoms. The van der Waals surface area contributed by atoms with Crippen LogP contribution in [0, 0.1) is 0 Å². The molecule has 0 aliphatic heterocycles. The van der Waals surface area contributed by atoms with Crippen molar-refractivity contribution < 1.29 is 26.2 Å². The SMILES string of the molecule is C=Cc1cc(CO)ccn1.C=[CH][Sn]([CH2]CCC)([CH2]CCC)[CH2]CCC.OCc1ccnc(Br)c1.[Cl][Pd][Cl].c1ccc(P(c2ccccc2)c2ccccc2)cc1.c1ccc(P(c2ccccc2)c2ccccc2)cc1. The van der Waals surface area contributed by atoms with E-state index in [-0.39, 0.29) is 29.2 Å². The molecule has 8 rings (SSSR count). The van der Waals surface area contributed by atoms with Crippen LogP contribution in [-0.2, 0) is 29.2 Å². The van der Waals surface area contributed by atoms with Gasteiger partial charge in [0.25, 0.3) is 0 Å². The molecule has 2 aromatic heterocycles. The molecule has 0 bridgehead atoms. The second-order valence-electron chi connectivity index (χ2n) is 17.2. The third kappa shape index (κ3) is 26.1. The molecule has 2 heterocycles. The third-order valence-electron chi connectivity index (χ3n) is 11.8. The second-order valence-corrected chi connectivity index (χ2v) is 38.0. The second kappa shape index (κ2) is 41.5. The van der Waals surface area contributed by atoms with Crippen molar-refractivity contribution in [3.8, 4) is 0 Å². The summed E-state index contributed by atoms with van der Waals surface area (Å²) in [5, 5.41) is 25.7. The van der Waals surface area contributed by atoms with Crippen LogP contribution in [-0.4, -0.2) is 38.6 Å². The van der Waals surface area contributed by atoms with Gasteiger partial charge in [0, 0.05) is 12.4 Å². The molecule has 0 saturated carbocycles. The van der Waals surface area contributed by atoms with Gasteiger partial charge in [-0.25, -0.2) is 4.98 Å². The van der Waals surface area contributed by atoms with E-state index >= 15 is 0 Å². The van der Waals surface area contributed by atoms with E-state index in [0.717, 1.165) is 21.4 Å². The van der Waals surface area contributed by atoms with Crippen molar-refractivity contribution in [1.82, 2.24) is 9.97 Å². The largest absolute Gasteiger partial charge is 0.0622 e. The molecular weight excluding hydrogens is 1270 g/mol. The van der Waals surface area contributed by atoms with Crippen LogP contribution in [0.5, 0.6) is 0 Å². The summed E-state index contributed by atoms with van der Waals surface area (Å²) in [5.41, 5.74) is 2.54. The summed E-state index contributed by atoms with van der Waals surface area (Å²) in [4.78, 5) is 7.87. The maximum absolute atomic E-state index is 8.70. The van der Waals surface area contributed by atoms with Crippen molar-refractivity contribution in [2.45, 2.75) is 85.8 Å². The number of aliphatic hydroxyl groups is 2. The minimum atomic E-state index is -1.85. The molecule has 0 atom stereocenters. The predicted molar refractivity (Wildman–Crippen MR) is 335 cm³/mol. The zero-order valence-electron chi connectivity index (χ0n) is 43.8. The van der Waals surface area contributed by atoms with Crippen molar-refractivity contribution in [2.24, 2.45) is 0 Å². The van der Waals surface area contributed by atoms with Crippen LogP contribution in [0.3, 0.4) is 0 Å². The Morgan fingerprint density at radius 2 is 0.760 bits per heavy atom. The van der Waals surface area contributed by atoms with Crippen molar-refractivity contribution in [3.63, 3.8) is 0 Å². The fraction of sp³-hybridized carbons (Fsp3) is 0.219. The summed E-state index contributed by atoms with van der Waals surface area (Å²) in [6, 6.07) is 71.8. The van der Waals surface area contributed by atoms with Gasteiger partial charge in [-0.15, -0.1) is 0 Å². The average Bonchev–Trinajstić information content (AvgIpc) is 3.48. The van der Waals surface area contributed by atoms with E-state index in [0.29, 0.717) is 0 Å². The van der Waals surface area contributed by atoms with E-state index in [1.54, 1.807) is 56.0 Å². The maximum atomic E-state index is 8.70. The van der Waals surface area contributed by atoms with E-state index < -0.39 is 34.2 Å². The summed E-state index contributed by atoms with van der Waals surface area (Å²) in [6.07, 6.45) is 13.4.